The van der Waals surface area contributed by atoms with Crippen molar-refractivity contribution < 1.29 is 54.2 Å². The number of carboxylic acid groups (broad SMARTS) is 2. The molecule has 0 radical (unpaired) electrons. The number of amides is 1. The van der Waals surface area contributed by atoms with Gasteiger partial charge in [0.25, 0.3) is 11.5 Å². The van der Waals surface area contributed by atoms with Crippen LogP contribution in [0.15, 0.2) is 29.1 Å². The number of nitrogens with one attached hydrogen (secondary N) is 3. The summed E-state index contributed by atoms with van der Waals surface area (Å²) in [5.74, 6) is -2.13. The number of H-pyrrole nitrogens is 1. The van der Waals surface area contributed by atoms with Crippen LogP contribution in [0.5, 0.6) is 0 Å². The predicted octanol–water partition coefficient (Wildman–Crippen LogP) is -2.38. The third kappa shape index (κ3) is 7.31. The summed E-state index contributed by atoms with van der Waals surface area (Å²) < 4.78 is 0. The van der Waals surface area contributed by atoms with Gasteiger partial charge in [0.05, 0.1) is 5.56 Å². The van der Waals surface area contributed by atoms with Crippen LogP contribution in [0.25, 0.3) is 0 Å². The van der Waals surface area contributed by atoms with Crippen molar-refractivity contribution in [3.05, 3.63) is 51.3 Å². The van der Waals surface area contributed by atoms with Gasteiger partial charge in [0.15, 0.2) is 0 Å². The number of aryl methyl sites for hydroxylation is 1. The van der Waals surface area contributed by atoms with Crippen LogP contribution in [0.1, 0.15) is 40.7 Å². The second-order valence-corrected chi connectivity index (χ2v) is 7.76. The van der Waals surface area contributed by atoms with Crippen LogP contribution in [0.4, 0.5) is 11.8 Å². The number of hydrogen-bond donors (Lipinski definition) is 6. The van der Waals surface area contributed by atoms with Gasteiger partial charge in [0.2, 0.25) is 5.95 Å². The summed E-state index contributed by atoms with van der Waals surface area (Å²) in [5.41, 5.74) is 7.22. The Morgan fingerprint density at radius 2 is 1.91 bits per heavy atom. The van der Waals surface area contributed by atoms with Crippen molar-refractivity contribution in [3.8, 4) is 0 Å². The molecule has 33 heavy (non-hydrogen) atoms. The van der Waals surface area contributed by atoms with E-state index in [1.807, 2.05) is 0 Å². The molecule has 1 amide bonds. The number of benzene rings is 1. The molecule has 0 aliphatic carbocycles. The molecule has 3 rings (SSSR count). The van der Waals surface area contributed by atoms with Crippen LogP contribution in [0, 0.1) is 5.92 Å². The van der Waals surface area contributed by atoms with Crippen molar-refractivity contribution in [1.29, 1.82) is 0 Å². The third-order valence-corrected chi connectivity index (χ3v) is 5.39. The summed E-state index contributed by atoms with van der Waals surface area (Å²) in [6, 6.07) is 5.52. The van der Waals surface area contributed by atoms with Gasteiger partial charge in [-0.1, -0.05) is 12.1 Å². The number of hydrogen-bond acceptors (Lipinski definition) is 7. The topological polar surface area (TPSA) is 187 Å². The average molecular weight is 466 g/mol. The Morgan fingerprint density at radius 3 is 2.55 bits per heavy atom. The van der Waals surface area contributed by atoms with Crippen LogP contribution in [-0.2, 0) is 22.4 Å². The van der Waals surface area contributed by atoms with Gasteiger partial charge in [-0.25, -0.2) is 4.79 Å². The van der Waals surface area contributed by atoms with Crippen molar-refractivity contribution in [1.82, 2.24) is 15.3 Å². The zero-order valence-corrected chi connectivity index (χ0v) is 20.3. The molecule has 2 atom stereocenters. The first-order valence-corrected chi connectivity index (χ1v) is 10.2. The van der Waals surface area contributed by atoms with Gasteiger partial charge < -0.3 is 26.6 Å². The Bertz CT molecular complexity index is 1070. The molecule has 1 aliphatic rings. The van der Waals surface area contributed by atoms with E-state index in [9.17, 15) is 19.2 Å². The minimum Gasteiger partial charge on any atom is -0.481 e. The van der Waals surface area contributed by atoms with E-state index in [0.29, 0.717) is 29.9 Å². The Hall–Kier alpha value is -2.89. The van der Waals surface area contributed by atoms with Gasteiger partial charge in [-0.2, -0.15) is 4.98 Å². The fraction of sp³-hybridized carbons (Fsp3) is 0.381. The maximum absolute atomic E-state index is 12.3. The number of aromatic nitrogens is 2. The number of nitrogen functional groups attached to an aromatic ring is 1. The van der Waals surface area contributed by atoms with Crippen molar-refractivity contribution in [3.63, 3.8) is 0 Å². The zero-order chi connectivity index (χ0) is 23.3. The second kappa shape index (κ2) is 11.8. The van der Waals surface area contributed by atoms with Gasteiger partial charge >= 0.3 is 41.5 Å². The Balaban J connectivity index is 0.00000385. The van der Waals surface area contributed by atoms with Gasteiger partial charge in [0.1, 0.15) is 11.9 Å². The van der Waals surface area contributed by atoms with Crippen molar-refractivity contribution in [2.45, 2.75) is 38.1 Å². The van der Waals surface area contributed by atoms with E-state index in [1.165, 1.54) is 0 Å². The van der Waals surface area contributed by atoms with Crippen LogP contribution >= 0.6 is 0 Å². The van der Waals surface area contributed by atoms with E-state index in [2.05, 4.69) is 20.6 Å². The normalized spacial score (nSPS) is 15.3. The largest absolute Gasteiger partial charge is 1.00 e. The molecule has 2 unspecified atom stereocenters. The number of rotatable bonds is 9. The van der Waals surface area contributed by atoms with Crippen molar-refractivity contribution in [2.75, 3.05) is 17.6 Å². The molecule has 12 heteroatoms. The molecule has 2 heterocycles. The molecule has 0 bridgehead atoms. The standard InChI is InChI=1S/C21H25N5O6.Na/c22-21-25-17-14(19(30)26-21)9-12(10-23-17)2-1-11-3-5-13(6-4-11)18(29)24-15(20(31)32)7-8-16(27)28;/h3-6,12,15H,1-2,7-10H2,(H,24,29)(H,27,28)(H,31,32)(H4,22,23,25,26,30);/q;+1. The summed E-state index contributed by atoms with van der Waals surface area (Å²) in [4.78, 5) is 52.9. The number of nitrogens with two attached hydrogens (primary N) is 1. The van der Waals surface area contributed by atoms with Gasteiger partial charge in [0, 0.05) is 18.5 Å². The first kappa shape index (κ1) is 26.4. The minimum atomic E-state index is -1.28. The van der Waals surface area contributed by atoms with Crippen molar-refractivity contribution >= 4 is 29.6 Å². The molecule has 1 aromatic carbocycles. The van der Waals surface area contributed by atoms with Gasteiger partial charge in [-0.15, -0.1) is 0 Å². The first-order chi connectivity index (χ1) is 15.2. The average Bonchev–Trinajstić information content (AvgIpc) is 2.75. The Morgan fingerprint density at radius 1 is 1.21 bits per heavy atom. The molecular weight excluding hydrogens is 441 g/mol. The molecule has 1 aliphatic heterocycles. The first-order valence-electron chi connectivity index (χ1n) is 10.2. The fourth-order valence-corrected chi connectivity index (χ4v) is 3.62. The maximum Gasteiger partial charge on any atom is 1.00 e. The molecule has 0 saturated heterocycles. The van der Waals surface area contributed by atoms with E-state index < -0.39 is 23.9 Å². The summed E-state index contributed by atoms with van der Waals surface area (Å²) >= 11 is 0. The number of nitrogens with zero attached hydrogens (tertiary/aromatic N) is 1. The molecule has 1 aromatic heterocycles. The molecule has 2 aromatic rings. The van der Waals surface area contributed by atoms with E-state index in [1.54, 1.807) is 24.3 Å². The Labute approximate surface area is 211 Å². The monoisotopic (exact) mass is 466 g/mol. The van der Waals surface area contributed by atoms with Gasteiger partial charge in [-0.05, 0) is 49.3 Å². The summed E-state index contributed by atoms with van der Waals surface area (Å²) in [5, 5.41) is 23.4. The van der Waals surface area contributed by atoms with Crippen LogP contribution in [-0.4, -0.2) is 50.6 Å². The van der Waals surface area contributed by atoms with E-state index in [-0.39, 0.29) is 59.8 Å². The number of fused-ring (bicyclic) bond motifs is 1. The van der Waals surface area contributed by atoms with Crippen LogP contribution in [0.2, 0.25) is 0 Å². The van der Waals surface area contributed by atoms with E-state index in [0.717, 1.165) is 18.4 Å². The quantitative estimate of drug-likeness (QED) is 0.219. The molecule has 11 nitrogen and oxygen atoms in total. The second-order valence-electron chi connectivity index (χ2n) is 7.76. The third-order valence-electron chi connectivity index (χ3n) is 5.39. The number of aliphatic carboxylic acids is 2. The number of anilines is 2. The smallest absolute Gasteiger partial charge is 0.481 e. The maximum atomic E-state index is 12.3. The molecule has 170 valence electrons. The molecule has 0 spiro atoms. The Kier molecular flexibility index (Phi) is 9.44. The molecule has 7 N–H and O–H groups in total. The number of aromatic amines is 1. The number of carboxylic acids is 2. The van der Waals surface area contributed by atoms with Crippen LogP contribution < -0.4 is 51.5 Å². The predicted molar refractivity (Wildman–Crippen MR) is 115 cm³/mol. The summed E-state index contributed by atoms with van der Waals surface area (Å²) in [6.07, 6.45) is 1.60. The van der Waals surface area contributed by atoms with E-state index >= 15 is 0 Å². The number of carbonyl (C=O) groups excluding carboxylic acids is 1. The van der Waals surface area contributed by atoms with Crippen molar-refractivity contribution in [2.24, 2.45) is 5.92 Å². The van der Waals surface area contributed by atoms with E-state index in [4.69, 9.17) is 15.9 Å². The zero-order valence-electron chi connectivity index (χ0n) is 18.3. The summed E-state index contributed by atoms with van der Waals surface area (Å²) in [6.45, 7) is 0.677. The minimum absolute atomic E-state index is 0. The SMILES string of the molecule is Nc1nc2c(c(=O)[nH]1)CC(CCc1ccc(C(=O)NC(CCC(=O)O)C(=O)O)cc1)CN2.[Na+]. The summed E-state index contributed by atoms with van der Waals surface area (Å²) in [7, 11) is 0. The molecular formula is C21H25N5NaO6+. The molecule has 0 fully saturated rings. The molecule has 0 saturated carbocycles. The van der Waals surface area contributed by atoms with Crippen LogP contribution in [0.3, 0.4) is 0 Å². The fourth-order valence-electron chi connectivity index (χ4n) is 3.62. The number of carbonyl (C=O) groups is 3. The van der Waals surface area contributed by atoms with Gasteiger partial charge in [-0.3, -0.25) is 19.4 Å².